The third-order valence-corrected chi connectivity index (χ3v) is 4.02. The molecule has 2 nitrogen and oxygen atoms in total. The zero-order valence-corrected chi connectivity index (χ0v) is 14.3. The summed E-state index contributed by atoms with van der Waals surface area (Å²) < 4.78 is 0. The minimum Gasteiger partial charge on any atom is -0.481 e. The van der Waals surface area contributed by atoms with Gasteiger partial charge >= 0.3 is 5.97 Å². The molecule has 1 unspecified atom stereocenters. The van der Waals surface area contributed by atoms with E-state index in [1.807, 2.05) is 0 Å². The molecule has 0 amide bonds. The van der Waals surface area contributed by atoms with Crippen molar-refractivity contribution in [2.75, 3.05) is 0 Å². The molecule has 0 aromatic heterocycles. The second-order valence-corrected chi connectivity index (χ2v) is 6.36. The van der Waals surface area contributed by atoms with Crippen molar-refractivity contribution in [3.05, 3.63) is 12.2 Å². The minimum atomic E-state index is -0.661. The van der Waals surface area contributed by atoms with Crippen LogP contribution in [0.3, 0.4) is 0 Å². The number of hydrogen-bond donors (Lipinski definition) is 1. The molecule has 1 N–H and O–H groups in total. The molecule has 0 aromatic carbocycles. The second-order valence-electron chi connectivity index (χ2n) is 6.36. The minimum absolute atomic E-state index is 0.335. The third kappa shape index (κ3) is 17.2. The van der Waals surface area contributed by atoms with Crippen molar-refractivity contribution >= 4 is 5.97 Å². The first-order valence-corrected chi connectivity index (χ1v) is 9.03. The molecule has 2 heteroatoms. The molecule has 0 aliphatic carbocycles. The highest BCUT2D eigenvalue weighted by Gasteiger charge is 2.00. The number of carboxylic acids is 1. The first-order chi connectivity index (χ1) is 10.2. The third-order valence-electron chi connectivity index (χ3n) is 4.02. The fourth-order valence-electron chi connectivity index (χ4n) is 2.55. The van der Waals surface area contributed by atoms with Crippen LogP contribution in [-0.4, -0.2) is 11.1 Å². The van der Waals surface area contributed by atoms with E-state index in [9.17, 15) is 4.79 Å². The van der Waals surface area contributed by atoms with Crippen LogP contribution in [0.2, 0.25) is 0 Å². The van der Waals surface area contributed by atoms with Gasteiger partial charge in [0.15, 0.2) is 0 Å². The standard InChI is InChI=1S/C19H36O2/c1-3-4-5-6-9-12-15-18(2)16-13-10-7-8-11-14-17-19(20)21/h9,12,18H,3-8,10-11,13-17H2,1-2H3,(H,20,21). The summed E-state index contributed by atoms with van der Waals surface area (Å²) in [6.07, 6.45) is 19.9. The number of aliphatic carboxylic acids is 1. The summed E-state index contributed by atoms with van der Waals surface area (Å²) in [5.74, 6) is 0.144. The summed E-state index contributed by atoms with van der Waals surface area (Å²) in [7, 11) is 0. The first kappa shape index (κ1) is 20.2. The fraction of sp³-hybridized carbons (Fsp3) is 0.842. The van der Waals surface area contributed by atoms with E-state index >= 15 is 0 Å². The molecular weight excluding hydrogens is 260 g/mol. The molecule has 124 valence electrons. The van der Waals surface area contributed by atoms with Gasteiger partial charge in [-0.05, 0) is 31.6 Å². The predicted molar refractivity (Wildman–Crippen MR) is 91.6 cm³/mol. The Morgan fingerprint density at radius 2 is 1.62 bits per heavy atom. The van der Waals surface area contributed by atoms with Crippen LogP contribution in [0.25, 0.3) is 0 Å². The highest BCUT2D eigenvalue weighted by Crippen LogP contribution is 2.15. The Hall–Kier alpha value is -0.790. The molecule has 0 aromatic rings. The first-order valence-electron chi connectivity index (χ1n) is 9.03. The zero-order valence-electron chi connectivity index (χ0n) is 14.3. The number of rotatable bonds is 15. The molecule has 0 rings (SSSR count). The maximum Gasteiger partial charge on any atom is 0.303 e. The van der Waals surface area contributed by atoms with E-state index in [1.165, 1.54) is 64.2 Å². The molecule has 0 heterocycles. The van der Waals surface area contributed by atoms with E-state index in [4.69, 9.17) is 5.11 Å². The number of carboxylic acid groups (broad SMARTS) is 1. The lowest BCUT2D eigenvalue weighted by Crippen LogP contribution is -1.94. The number of unbranched alkanes of at least 4 members (excludes halogenated alkanes) is 8. The van der Waals surface area contributed by atoms with Crippen LogP contribution < -0.4 is 0 Å². The van der Waals surface area contributed by atoms with E-state index in [2.05, 4.69) is 26.0 Å². The Kier molecular flexibility index (Phi) is 15.0. The lowest BCUT2D eigenvalue weighted by atomic mass is 9.98. The second kappa shape index (κ2) is 15.6. The van der Waals surface area contributed by atoms with Crippen molar-refractivity contribution in [3.63, 3.8) is 0 Å². The largest absolute Gasteiger partial charge is 0.481 e. The average molecular weight is 296 g/mol. The van der Waals surface area contributed by atoms with Crippen LogP contribution in [-0.2, 0) is 4.79 Å². The van der Waals surface area contributed by atoms with Crippen LogP contribution in [0.15, 0.2) is 12.2 Å². The Morgan fingerprint density at radius 3 is 2.29 bits per heavy atom. The normalized spacial score (nSPS) is 12.9. The van der Waals surface area contributed by atoms with E-state index in [1.54, 1.807) is 0 Å². The van der Waals surface area contributed by atoms with Gasteiger partial charge in [-0.1, -0.05) is 77.4 Å². The molecule has 21 heavy (non-hydrogen) atoms. The molecule has 0 fully saturated rings. The molecule has 0 aliphatic rings. The molecule has 1 atom stereocenters. The summed E-state index contributed by atoms with van der Waals surface area (Å²) in [5.41, 5.74) is 0. The average Bonchev–Trinajstić information content (AvgIpc) is 2.45. The van der Waals surface area contributed by atoms with Crippen LogP contribution in [0, 0.1) is 5.92 Å². The molecule has 0 aliphatic heterocycles. The van der Waals surface area contributed by atoms with E-state index in [0.717, 1.165) is 18.8 Å². The van der Waals surface area contributed by atoms with Gasteiger partial charge < -0.3 is 5.11 Å². The quantitative estimate of drug-likeness (QED) is 0.282. The summed E-state index contributed by atoms with van der Waals surface area (Å²) >= 11 is 0. The summed E-state index contributed by atoms with van der Waals surface area (Å²) in [6.45, 7) is 4.60. The molecule has 0 radical (unpaired) electrons. The van der Waals surface area contributed by atoms with Crippen LogP contribution in [0.1, 0.15) is 97.3 Å². The van der Waals surface area contributed by atoms with Crippen molar-refractivity contribution in [3.8, 4) is 0 Å². The maximum absolute atomic E-state index is 10.4. The van der Waals surface area contributed by atoms with Crippen molar-refractivity contribution in [2.24, 2.45) is 5.92 Å². The summed E-state index contributed by atoms with van der Waals surface area (Å²) in [6, 6.07) is 0. The van der Waals surface area contributed by atoms with Gasteiger partial charge in [0.1, 0.15) is 0 Å². The van der Waals surface area contributed by atoms with Crippen molar-refractivity contribution in [1.29, 1.82) is 0 Å². The molecule has 0 saturated carbocycles. The zero-order chi connectivity index (χ0) is 15.8. The van der Waals surface area contributed by atoms with Gasteiger partial charge in [-0.2, -0.15) is 0 Å². The van der Waals surface area contributed by atoms with E-state index in [0.29, 0.717) is 6.42 Å². The summed E-state index contributed by atoms with van der Waals surface area (Å²) in [5, 5.41) is 8.54. The molecule has 0 saturated heterocycles. The van der Waals surface area contributed by atoms with Gasteiger partial charge in [-0.3, -0.25) is 4.79 Å². The van der Waals surface area contributed by atoms with Gasteiger partial charge in [-0.15, -0.1) is 0 Å². The van der Waals surface area contributed by atoms with Gasteiger partial charge in [0.05, 0.1) is 0 Å². The van der Waals surface area contributed by atoms with Crippen LogP contribution in [0.4, 0.5) is 0 Å². The van der Waals surface area contributed by atoms with E-state index in [-0.39, 0.29) is 0 Å². The monoisotopic (exact) mass is 296 g/mol. The van der Waals surface area contributed by atoms with Crippen molar-refractivity contribution in [2.45, 2.75) is 97.3 Å². The Labute approximate surface area is 132 Å². The molecular formula is C19H36O2. The topological polar surface area (TPSA) is 37.3 Å². The number of allylic oxidation sites excluding steroid dienone is 2. The fourth-order valence-corrected chi connectivity index (χ4v) is 2.55. The summed E-state index contributed by atoms with van der Waals surface area (Å²) in [4.78, 5) is 10.4. The Bertz CT molecular complexity index is 258. The number of hydrogen-bond acceptors (Lipinski definition) is 1. The predicted octanol–water partition coefficient (Wildman–Crippen LogP) is 6.35. The van der Waals surface area contributed by atoms with Gasteiger partial charge in [0.25, 0.3) is 0 Å². The SMILES string of the molecule is CCCCCC=CCC(C)CCCCCCCCC(=O)O. The highest BCUT2D eigenvalue weighted by atomic mass is 16.4. The molecule has 0 spiro atoms. The Balaban J connectivity index is 3.26. The van der Waals surface area contributed by atoms with Crippen molar-refractivity contribution < 1.29 is 9.90 Å². The van der Waals surface area contributed by atoms with Crippen LogP contribution >= 0.6 is 0 Å². The maximum atomic E-state index is 10.4. The lowest BCUT2D eigenvalue weighted by Gasteiger charge is -2.08. The van der Waals surface area contributed by atoms with Gasteiger partial charge in [0, 0.05) is 6.42 Å². The van der Waals surface area contributed by atoms with Crippen molar-refractivity contribution in [1.82, 2.24) is 0 Å². The molecule has 0 bridgehead atoms. The smallest absolute Gasteiger partial charge is 0.303 e. The van der Waals surface area contributed by atoms with Gasteiger partial charge in [-0.25, -0.2) is 0 Å². The lowest BCUT2D eigenvalue weighted by molar-refractivity contribution is -0.137. The number of carbonyl (C=O) groups is 1. The highest BCUT2D eigenvalue weighted by molar-refractivity contribution is 5.66. The van der Waals surface area contributed by atoms with E-state index < -0.39 is 5.97 Å². The Morgan fingerprint density at radius 1 is 0.952 bits per heavy atom. The van der Waals surface area contributed by atoms with Crippen LogP contribution in [0.5, 0.6) is 0 Å². The van der Waals surface area contributed by atoms with Gasteiger partial charge in [0.2, 0.25) is 0 Å².